The molecule has 0 fully saturated rings. The highest BCUT2D eigenvalue weighted by atomic mass is 16.6. The van der Waals surface area contributed by atoms with Crippen molar-refractivity contribution in [3.63, 3.8) is 0 Å². The minimum absolute atomic E-state index is 0.241. The van der Waals surface area contributed by atoms with E-state index in [2.05, 4.69) is 5.32 Å². The summed E-state index contributed by atoms with van der Waals surface area (Å²) in [5.41, 5.74) is 4.34. The van der Waals surface area contributed by atoms with Crippen molar-refractivity contribution < 1.29 is 19.7 Å². The smallest absolute Gasteiger partial charge is 0.410 e. The maximum Gasteiger partial charge on any atom is 0.410 e. The van der Waals surface area contributed by atoms with Crippen molar-refractivity contribution in [1.29, 1.82) is 0 Å². The van der Waals surface area contributed by atoms with Crippen LogP contribution in [0.25, 0.3) is 0 Å². The normalized spacial score (nSPS) is 16.0. The van der Waals surface area contributed by atoms with E-state index in [4.69, 9.17) is 4.74 Å². The van der Waals surface area contributed by atoms with Crippen LogP contribution in [0.1, 0.15) is 55.9 Å². The first-order chi connectivity index (χ1) is 14.7. The molecular weight excluding hydrogens is 392 g/mol. The van der Waals surface area contributed by atoms with E-state index in [9.17, 15) is 15.0 Å². The Balaban J connectivity index is 0.000000194. The summed E-state index contributed by atoms with van der Waals surface area (Å²) in [5, 5.41) is 22.1. The first kappa shape index (κ1) is 22.9. The van der Waals surface area contributed by atoms with Crippen molar-refractivity contribution in [2.24, 2.45) is 0 Å². The molecule has 2 aliphatic heterocycles. The molecule has 2 heterocycles. The summed E-state index contributed by atoms with van der Waals surface area (Å²) in [6.45, 7) is 8.75. The van der Waals surface area contributed by atoms with Gasteiger partial charge in [-0.1, -0.05) is 12.1 Å². The zero-order chi connectivity index (χ0) is 22.4. The Kier molecular flexibility index (Phi) is 7.44. The molecule has 0 unspecified atom stereocenters. The first-order valence-electron chi connectivity index (χ1n) is 11.0. The molecule has 1 amide bonds. The minimum Gasteiger partial charge on any atom is -0.508 e. The van der Waals surface area contributed by atoms with E-state index in [0.717, 1.165) is 37.9 Å². The number of carbonyl (C=O) groups is 1. The molecule has 0 radical (unpaired) electrons. The van der Waals surface area contributed by atoms with Gasteiger partial charge in [0, 0.05) is 19.6 Å². The lowest BCUT2D eigenvalue weighted by Gasteiger charge is -2.26. The van der Waals surface area contributed by atoms with Gasteiger partial charge >= 0.3 is 6.09 Å². The average molecular weight is 427 g/mol. The molecule has 4 rings (SSSR count). The van der Waals surface area contributed by atoms with Gasteiger partial charge < -0.3 is 25.2 Å². The molecule has 168 valence electrons. The number of carbonyl (C=O) groups excluding carboxylic acids is 1. The van der Waals surface area contributed by atoms with Gasteiger partial charge in [-0.15, -0.1) is 0 Å². The van der Waals surface area contributed by atoms with Gasteiger partial charge in [0.05, 0.1) is 0 Å². The maximum atomic E-state index is 12.1. The second-order valence-corrected chi connectivity index (χ2v) is 9.19. The first-order valence-corrected chi connectivity index (χ1v) is 11.0. The molecule has 0 saturated heterocycles. The lowest BCUT2D eigenvalue weighted by molar-refractivity contribution is 0.0236. The molecule has 0 saturated carbocycles. The van der Waals surface area contributed by atoms with Crippen LogP contribution in [-0.2, 0) is 30.7 Å². The Bertz CT molecular complexity index is 905. The van der Waals surface area contributed by atoms with Crippen LogP contribution in [0.5, 0.6) is 11.5 Å². The second kappa shape index (κ2) is 10.1. The standard InChI is InChI=1S/C15H21NO3.C10H13NO/c1-15(2,3)19-14(18)16-8-4-5-11-6-7-13(17)9-12(11)10-16;12-10-4-3-8-2-1-5-11-7-9(8)6-10/h6-7,9,17H,4-5,8,10H2,1-3H3;3-4,6,11-12H,1-2,5,7H2. The monoisotopic (exact) mass is 426 g/mol. The maximum absolute atomic E-state index is 12.1. The van der Waals surface area contributed by atoms with Crippen molar-refractivity contribution in [1.82, 2.24) is 10.2 Å². The quantitative estimate of drug-likeness (QED) is 0.578. The lowest BCUT2D eigenvalue weighted by Crippen LogP contribution is -2.36. The molecule has 0 bridgehead atoms. The van der Waals surface area contributed by atoms with Gasteiger partial charge in [-0.2, -0.15) is 0 Å². The predicted octanol–water partition coefficient (Wildman–Crippen LogP) is 4.50. The molecule has 2 aliphatic rings. The summed E-state index contributed by atoms with van der Waals surface area (Å²) in [7, 11) is 0. The third-order valence-electron chi connectivity index (χ3n) is 5.38. The van der Waals surface area contributed by atoms with Gasteiger partial charge in [0.1, 0.15) is 17.1 Å². The molecule has 6 nitrogen and oxygen atoms in total. The number of rotatable bonds is 0. The summed E-state index contributed by atoms with van der Waals surface area (Å²) >= 11 is 0. The number of hydrogen-bond acceptors (Lipinski definition) is 5. The summed E-state index contributed by atoms with van der Waals surface area (Å²) in [6, 6.07) is 11.0. The number of benzene rings is 2. The van der Waals surface area contributed by atoms with E-state index >= 15 is 0 Å². The molecule has 2 aromatic rings. The Morgan fingerprint density at radius 1 is 0.935 bits per heavy atom. The Labute approximate surface area is 184 Å². The van der Waals surface area contributed by atoms with E-state index in [1.54, 1.807) is 23.1 Å². The molecule has 6 heteroatoms. The van der Waals surface area contributed by atoms with Crippen molar-refractivity contribution in [3.8, 4) is 11.5 Å². The number of aromatic hydroxyl groups is 2. The molecule has 0 aromatic heterocycles. The number of phenols is 2. The van der Waals surface area contributed by atoms with Crippen LogP contribution in [0.4, 0.5) is 4.79 Å². The Morgan fingerprint density at radius 3 is 2.23 bits per heavy atom. The highest BCUT2D eigenvalue weighted by molar-refractivity contribution is 5.68. The van der Waals surface area contributed by atoms with Gasteiger partial charge in [0.15, 0.2) is 0 Å². The van der Waals surface area contributed by atoms with Gasteiger partial charge in [0.2, 0.25) is 0 Å². The molecule has 3 N–H and O–H groups in total. The number of fused-ring (bicyclic) bond motifs is 2. The highest BCUT2D eigenvalue weighted by Gasteiger charge is 2.24. The zero-order valence-corrected chi connectivity index (χ0v) is 18.8. The largest absolute Gasteiger partial charge is 0.508 e. The van der Waals surface area contributed by atoms with Crippen molar-refractivity contribution in [2.75, 3.05) is 13.1 Å². The van der Waals surface area contributed by atoms with Crippen LogP contribution in [0, 0.1) is 0 Å². The van der Waals surface area contributed by atoms with Gasteiger partial charge in [-0.25, -0.2) is 4.79 Å². The average Bonchev–Trinajstić information content (AvgIpc) is 3.04. The van der Waals surface area contributed by atoms with Crippen LogP contribution in [0.15, 0.2) is 36.4 Å². The van der Waals surface area contributed by atoms with E-state index in [1.165, 1.54) is 23.1 Å². The Morgan fingerprint density at radius 2 is 1.55 bits per heavy atom. The minimum atomic E-state index is -0.481. The fraction of sp³-hybridized carbons (Fsp3) is 0.480. The van der Waals surface area contributed by atoms with Crippen LogP contribution in [0.3, 0.4) is 0 Å². The number of aryl methyl sites for hydroxylation is 2. The van der Waals surface area contributed by atoms with Crippen LogP contribution in [0.2, 0.25) is 0 Å². The Hall–Kier alpha value is -2.73. The van der Waals surface area contributed by atoms with Crippen molar-refractivity contribution >= 4 is 6.09 Å². The summed E-state index contributed by atoms with van der Waals surface area (Å²) in [5.74, 6) is 0.613. The number of nitrogens with zero attached hydrogens (tertiary/aromatic N) is 1. The topological polar surface area (TPSA) is 82.0 Å². The third-order valence-corrected chi connectivity index (χ3v) is 5.38. The van der Waals surface area contributed by atoms with E-state index in [-0.39, 0.29) is 11.8 Å². The van der Waals surface area contributed by atoms with Crippen molar-refractivity contribution in [2.45, 2.75) is 65.1 Å². The molecule has 0 aliphatic carbocycles. The number of ether oxygens (including phenoxy) is 1. The number of phenolic OH excluding ortho intramolecular Hbond substituents is 2. The van der Waals surface area contributed by atoms with Crippen LogP contribution in [-0.4, -0.2) is 39.9 Å². The fourth-order valence-electron chi connectivity index (χ4n) is 3.88. The molecular formula is C25H34N2O4. The van der Waals surface area contributed by atoms with E-state index in [0.29, 0.717) is 18.8 Å². The van der Waals surface area contributed by atoms with E-state index in [1.807, 2.05) is 39.0 Å². The second-order valence-electron chi connectivity index (χ2n) is 9.19. The summed E-state index contributed by atoms with van der Waals surface area (Å²) < 4.78 is 5.40. The van der Waals surface area contributed by atoms with Gasteiger partial charge in [-0.3, -0.25) is 0 Å². The molecule has 0 spiro atoms. The number of nitrogens with one attached hydrogen (secondary N) is 1. The van der Waals surface area contributed by atoms with Crippen LogP contribution >= 0.6 is 0 Å². The molecule has 2 aromatic carbocycles. The predicted molar refractivity (Wildman–Crippen MR) is 121 cm³/mol. The molecule has 0 atom stereocenters. The van der Waals surface area contributed by atoms with Crippen LogP contribution < -0.4 is 5.32 Å². The number of amides is 1. The summed E-state index contributed by atoms with van der Waals surface area (Å²) in [4.78, 5) is 13.8. The number of hydrogen-bond donors (Lipinski definition) is 3. The van der Waals surface area contributed by atoms with Crippen molar-refractivity contribution in [3.05, 3.63) is 58.7 Å². The fourth-order valence-corrected chi connectivity index (χ4v) is 3.88. The lowest BCUT2D eigenvalue weighted by atomic mass is 10.0. The van der Waals surface area contributed by atoms with Gasteiger partial charge in [-0.05, 0) is 99.5 Å². The summed E-state index contributed by atoms with van der Waals surface area (Å²) in [6.07, 6.45) is 3.87. The SMILES string of the molecule is CC(C)(C)OC(=O)N1CCCc2ccc(O)cc2C1.Oc1ccc2c(c1)CNCCC2. The van der Waals surface area contributed by atoms with Gasteiger partial charge in [0.25, 0.3) is 0 Å². The molecule has 31 heavy (non-hydrogen) atoms. The highest BCUT2D eigenvalue weighted by Crippen LogP contribution is 2.24. The third kappa shape index (κ3) is 6.89. The van der Waals surface area contributed by atoms with E-state index < -0.39 is 5.60 Å². The zero-order valence-electron chi connectivity index (χ0n) is 18.8.